The molecule has 2 rings (SSSR count). The molecule has 1 aromatic rings. The fourth-order valence-electron chi connectivity index (χ4n) is 1.15. The van der Waals surface area contributed by atoms with E-state index in [9.17, 15) is 0 Å². The fraction of sp³-hybridized carbons (Fsp3) is 0.100. The number of halogens is 1. The van der Waals surface area contributed by atoms with Crippen LogP contribution in [-0.2, 0) is 0 Å². The van der Waals surface area contributed by atoms with Gasteiger partial charge in [-0.05, 0) is 18.2 Å². The molecule has 2 nitrogen and oxygen atoms in total. The van der Waals surface area contributed by atoms with Gasteiger partial charge in [0.1, 0.15) is 0 Å². The Morgan fingerprint density at radius 3 is 2.77 bits per heavy atom. The van der Waals surface area contributed by atoms with E-state index in [1.165, 1.54) is 0 Å². The molecule has 1 aromatic carbocycles. The molecule has 0 amide bonds. The molecular formula is C10H7BrO2. The maximum absolute atomic E-state index is 5.23. The smallest absolute Gasteiger partial charge is 0.231 e. The molecule has 0 aromatic heterocycles. The quantitative estimate of drug-likeness (QED) is 0.701. The van der Waals surface area contributed by atoms with Crippen molar-refractivity contribution in [3.63, 3.8) is 0 Å². The number of benzene rings is 1. The highest BCUT2D eigenvalue weighted by Gasteiger charge is 2.14. The highest BCUT2D eigenvalue weighted by molar-refractivity contribution is 9.10. The van der Waals surface area contributed by atoms with Gasteiger partial charge < -0.3 is 9.47 Å². The van der Waals surface area contributed by atoms with Gasteiger partial charge in [-0.3, -0.25) is 0 Å². The lowest BCUT2D eigenvalue weighted by Gasteiger charge is -2.00. The van der Waals surface area contributed by atoms with Crippen molar-refractivity contribution in [3.05, 3.63) is 34.5 Å². The van der Waals surface area contributed by atoms with Gasteiger partial charge in [0.05, 0.1) is 0 Å². The summed E-state index contributed by atoms with van der Waals surface area (Å²) in [5.74, 6) is 1.54. The van der Waals surface area contributed by atoms with Gasteiger partial charge in [0, 0.05) is 10.0 Å². The number of ether oxygens (including phenoxy) is 2. The van der Waals surface area contributed by atoms with Crippen LogP contribution in [0.15, 0.2) is 28.9 Å². The van der Waals surface area contributed by atoms with E-state index in [0.29, 0.717) is 6.79 Å². The Bertz CT molecular complexity index is 392. The molecule has 0 aliphatic carbocycles. The minimum atomic E-state index is 0.295. The summed E-state index contributed by atoms with van der Waals surface area (Å²) in [5, 5.41) is 0. The summed E-state index contributed by atoms with van der Waals surface area (Å²) in [5.41, 5.74) is 3.70. The van der Waals surface area contributed by atoms with Crippen LogP contribution in [-0.4, -0.2) is 6.79 Å². The average molecular weight is 239 g/mol. The number of fused-ring (bicyclic) bond motifs is 1. The normalized spacial score (nSPS) is 12.4. The van der Waals surface area contributed by atoms with E-state index in [-0.39, 0.29) is 0 Å². The predicted octanol–water partition coefficient (Wildman–Crippen LogP) is 2.98. The third-order valence-electron chi connectivity index (χ3n) is 1.75. The predicted molar refractivity (Wildman–Crippen MR) is 53.9 cm³/mol. The molecule has 1 heterocycles. The van der Waals surface area contributed by atoms with Crippen LogP contribution in [0.5, 0.6) is 11.5 Å². The second-order valence-electron chi connectivity index (χ2n) is 2.58. The topological polar surface area (TPSA) is 18.5 Å². The van der Waals surface area contributed by atoms with E-state index < -0.39 is 0 Å². The first-order valence-electron chi connectivity index (χ1n) is 3.76. The molecule has 0 radical (unpaired) electrons. The summed E-state index contributed by atoms with van der Waals surface area (Å²) >= 11 is 3.42. The van der Waals surface area contributed by atoms with Crippen LogP contribution < -0.4 is 9.47 Å². The summed E-state index contributed by atoms with van der Waals surface area (Å²) in [6.45, 7) is 3.81. The molecule has 0 saturated carbocycles. The second kappa shape index (κ2) is 3.29. The average Bonchev–Trinajstić information content (AvgIpc) is 2.52. The molecule has 0 unspecified atom stereocenters. The molecule has 1 aliphatic heterocycles. The van der Waals surface area contributed by atoms with Crippen molar-refractivity contribution in [2.45, 2.75) is 0 Å². The van der Waals surface area contributed by atoms with Gasteiger partial charge in [-0.2, -0.15) is 0 Å². The Morgan fingerprint density at radius 1 is 1.38 bits per heavy atom. The third kappa shape index (κ3) is 1.48. The highest BCUT2D eigenvalue weighted by atomic mass is 79.9. The van der Waals surface area contributed by atoms with Gasteiger partial charge in [0.2, 0.25) is 6.79 Å². The van der Waals surface area contributed by atoms with Crippen molar-refractivity contribution in [2.75, 3.05) is 6.79 Å². The van der Waals surface area contributed by atoms with Crippen LogP contribution in [0.2, 0.25) is 0 Å². The summed E-state index contributed by atoms with van der Waals surface area (Å²) in [7, 11) is 0. The minimum Gasteiger partial charge on any atom is -0.454 e. The second-order valence-corrected chi connectivity index (χ2v) is 3.43. The Morgan fingerprint density at radius 2 is 2.08 bits per heavy atom. The van der Waals surface area contributed by atoms with Gasteiger partial charge in [-0.15, -0.1) is 5.73 Å². The van der Waals surface area contributed by atoms with Crippen LogP contribution >= 0.6 is 15.9 Å². The number of rotatable bonds is 1. The molecule has 0 bridgehead atoms. The van der Waals surface area contributed by atoms with Crippen LogP contribution in [0.4, 0.5) is 0 Å². The lowest BCUT2D eigenvalue weighted by molar-refractivity contribution is 0.174. The van der Waals surface area contributed by atoms with Crippen LogP contribution in [0, 0.1) is 0 Å². The van der Waals surface area contributed by atoms with Crippen molar-refractivity contribution in [2.24, 2.45) is 0 Å². The van der Waals surface area contributed by atoms with Crippen LogP contribution in [0.3, 0.4) is 0 Å². The van der Waals surface area contributed by atoms with Crippen molar-refractivity contribution >= 4 is 22.0 Å². The van der Waals surface area contributed by atoms with Gasteiger partial charge in [-0.25, -0.2) is 0 Å². The molecule has 13 heavy (non-hydrogen) atoms. The number of hydrogen-bond acceptors (Lipinski definition) is 2. The molecule has 0 atom stereocenters. The van der Waals surface area contributed by atoms with Crippen molar-refractivity contribution in [1.29, 1.82) is 0 Å². The third-order valence-corrected chi connectivity index (χ3v) is 2.44. The van der Waals surface area contributed by atoms with E-state index in [4.69, 9.17) is 9.47 Å². The van der Waals surface area contributed by atoms with Gasteiger partial charge in [0.15, 0.2) is 11.5 Å². The van der Waals surface area contributed by atoms with E-state index in [1.54, 1.807) is 6.08 Å². The Hall–Kier alpha value is -1.18. The van der Waals surface area contributed by atoms with Gasteiger partial charge >= 0.3 is 0 Å². The maximum atomic E-state index is 5.23. The van der Waals surface area contributed by atoms with E-state index in [2.05, 4.69) is 28.2 Å². The van der Waals surface area contributed by atoms with E-state index >= 15 is 0 Å². The van der Waals surface area contributed by atoms with Gasteiger partial charge in [-0.1, -0.05) is 22.5 Å². The largest absolute Gasteiger partial charge is 0.454 e. The van der Waals surface area contributed by atoms with Crippen LogP contribution in [0.25, 0.3) is 6.08 Å². The van der Waals surface area contributed by atoms with Crippen molar-refractivity contribution < 1.29 is 9.47 Å². The fourth-order valence-corrected chi connectivity index (χ4v) is 1.59. The maximum Gasteiger partial charge on any atom is 0.231 e. The molecular weight excluding hydrogens is 232 g/mol. The summed E-state index contributed by atoms with van der Waals surface area (Å²) in [6, 6.07) is 3.77. The zero-order valence-corrected chi connectivity index (χ0v) is 8.43. The van der Waals surface area contributed by atoms with Crippen molar-refractivity contribution in [1.82, 2.24) is 0 Å². The Labute approximate surface area is 84.6 Å². The molecule has 0 spiro atoms. The zero-order valence-electron chi connectivity index (χ0n) is 6.84. The molecule has 0 fully saturated rings. The molecule has 1 aliphatic rings. The molecule has 66 valence electrons. The van der Waals surface area contributed by atoms with E-state index in [1.807, 2.05) is 12.1 Å². The Kier molecular flexibility index (Phi) is 2.13. The molecule has 3 heteroatoms. The first-order valence-corrected chi connectivity index (χ1v) is 4.55. The lowest BCUT2D eigenvalue weighted by atomic mass is 10.2. The van der Waals surface area contributed by atoms with Crippen LogP contribution in [0.1, 0.15) is 5.56 Å². The molecule has 0 N–H and O–H groups in total. The van der Waals surface area contributed by atoms with E-state index in [0.717, 1.165) is 21.5 Å². The minimum absolute atomic E-state index is 0.295. The number of hydrogen-bond donors (Lipinski definition) is 0. The first kappa shape index (κ1) is 8.42. The standard InChI is InChI=1S/C10H7BrO2/c1-2-3-7-4-9-10(5-8(7)11)13-6-12-9/h3-5H,1,6H2. The highest BCUT2D eigenvalue weighted by Crippen LogP contribution is 2.37. The first-order chi connectivity index (χ1) is 6.31. The SMILES string of the molecule is C=C=Cc1cc2c(cc1Br)OCO2. The lowest BCUT2D eigenvalue weighted by Crippen LogP contribution is -1.92. The summed E-state index contributed by atoms with van der Waals surface area (Å²) < 4.78 is 11.4. The molecule has 0 saturated heterocycles. The summed E-state index contributed by atoms with van der Waals surface area (Å²) in [4.78, 5) is 0. The summed E-state index contributed by atoms with van der Waals surface area (Å²) in [6.07, 6.45) is 1.78. The van der Waals surface area contributed by atoms with Gasteiger partial charge in [0.25, 0.3) is 0 Å². The monoisotopic (exact) mass is 238 g/mol. The van der Waals surface area contributed by atoms with Crippen molar-refractivity contribution in [3.8, 4) is 11.5 Å². The zero-order chi connectivity index (χ0) is 9.26. The Balaban J connectivity index is 2.55.